The van der Waals surface area contributed by atoms with Crippen molar-refractivity contribution in [1.82, 2.24) is 9.97 Å². The Morgan fingerprint density at radius 2 is 1.70 bits per heavy atom. The molecule has 3 rings (SSSR count). The Balaban J connectivity index is 1.92. The number of rotatable bonds is 4. The van der Waals surface area contributed by atoms with Gasteiger partial charge in [-0.05, 0) is 59.6 Å². The summed E-state index contributed by atoms with van der Waals surface area (Å²) in [6.07, 6.45) is 0. The molecule has 0 saturated carbocycles. The number of hydrogen-bond donors (Lipinski definition) is 2. The van der Waals surface area contributed by atoms with Crippen molar-refractivity contribution in [3.05, 3.63) is 67.1 Å². The van der Waals surface area contributed by atoms with Crippen LogP contribution in [0.3, 0.4) is 0 Å². The predicted molar refractivity (Wildman–Crippen MR) is 119 cm³/mol. The third-order valence-electron chi connectivity index (χ3n) is 3.72. The molecule has 2 N–H and O–H groups in total. The van der Waals surface area contributed by atoms with E-state index in [1.165, 1.54) is 0 Å². The van der Waals surface area contributed by atoms with Crippen molar-refractivity contribution in [1.29, 1.82) is 0 Å². The highest BCUT2D eigenvalue weighted by Crippen LogP contribution is 2.37. The molecule has 27 heavy (non-hydrogen) atoms. The number of nitrogens with zero attached hydrogens (tertiary/aromatic N) is 3. The van der Waals surface area contributed by atoms with E-state index in [1.54, 1.807) is 18.2 Å². The maximum Gasteiger partial charge on any atom is 0.165 e. The van der Waals surface area contributed by atoms with Crippen LogP contribution in [-0.4, -0.2) is 20.8 Å². The predicted octanol–water partition coefficient (Wildman–Crippen LogP) is 6.28. The van der Waals surface area contributed by atoms with E-state index in [0.717, 1.165) is 25.9 Å². The van der Waals surface area contributed by atoms with Crippen LogP contribution in [0.25, 0.3) is 11.4 Å². The van der Waals surface area contributed by atoms with Crippen LogP contribution in [0, 0.1) is 6.92 Å². The summed E-state index contributed by atoms with van der Waals surface area (Å²) in [7, 11) is 0. The van der Waals surface area contributed by atoms with Crippen LogP contribution in [0.5, 0.6) is 5.75 Å². The Morgan fingerprint density at radius 3 is 2.41 bits per heavy atom. The summed E-state index contributed by atoms with van der Waals surface area (Å²) in [4.78, 5) is 8.92. The van der Waals surface area contributed by atoms with Gasteiger partial charge in [-0.15, -0.1) is 0 Å². The van der Waals surface area contributed by atoms with Gasteiger partial charge in [0.05, 0.1) is 15.7 Å². The number of hydrogen-bond acceptors (Lipinski definition) is 5. The van der Waals surface area contributed by atoms with Crippen LogP contribution < -0.4 is 5.43 Å². The van der Waals surface area contributed by atoms with E-state index >= 15 is 0 Å². The third-order valence-corrected chi connectivity index (χ3v) is 5.31. The molecule has 0 fully saturated rings. The molecular weight excluding hydrogens is 540 g/mol. The summed E-state index contributed by atoms with van der Waals surface area (Å²) in [6, 6.07) is 13.2. The summed E-state index contributed by atoms with van der Waals surface area (Å²) >= 11 is 10.2. The van der Waals surface area contributed by atoms with Crippen LogP contribution in [-0.2, 0) is 0 Å². The molecule has 0 aliphatic heterocycles. The smallest absolute Gasteiger partial charge is 0.165 e. The Morgan fingerprint density at radius 1 is 1.00 bits per heavy atom. The molecule has 0 spiro atoms. The van der Waals surface area contributed by atoms with E-state index in [4.69, 9.17) is 0 Å². The highest BCUT2D eigenvalue weighted by molar-refractivity contribution is 9.11. The highest BCUT2D eigenvalue weighted by Gasteiger charge is 2.13. The van der Waals surface area contributed by atoms with Crippen LogP contribution in [0.2, 0.25) is 0 Å². The van der Waals surface area contributed by atoms with E-state index in [1.807, 2.05) is 38.1 Å². The van der Waals surface area contributed by atoms with Gasteiger partial charge in [0.25, 0.3) is 0 Å². The topological polar surface area (TPSA) is 70.4 Å². The number of halogens is 3. The number of phenols is 1. The summed E-state index contributed by atoms with van der Waals surface area (Å²) in [5.41, 5.74) is 6.09. The summed E-state index contributed by atoms with van der Waals surface area (Å²) < 4.78 is 2.39. The van der Waals surface area contributed by atoms with Crippen LogP contribution in [0.1, 0.15) is 18.2 Å². The van der Waals surface area contributed by atoms with Gasteiger partial charge in [0.15, 0.2) is 11.6 Å². The number of anilines is 1. The molecule has 0 aliphatic carbocycles. The van der Waals surface area contributed by atoms with Gasteiger partial charge < -0.3 is 5.11 Å². The Bertz CT molecular complexity index is 1020. The van der Waals surface area contributed by atoms with Crippen LogP contribution >= 0.6 is 47.8 Å². The molecule has 0 bridgehead atoms. The molecule has 3 aromatic rings. The van der Waals surface area contributed by atoms with E-state index in [9.17, 15) is 5.11 Å². The number of benzene rings is 2. The molecule has 2 aromatic carbocycles. The molecular formula is C19H15Br3N4O. The second-order valence-corrected chi connectivity index (χ2v) is 8.50. The van der Waals surface area contributed by atoms with Crippen molar-refractivity contribution in [2.24, 2.45) is 5.10 Å². The average molecular weight is 555 g/mol. The van der Waals surface area contributed by atoms with Gasteiger partial charge in [-0.3, -0.25) is 5.43 Å². The number of phenolic OH excluding ortho intramolecular Hbond substituents is 1. The zero-order chi connectivity index (χ0) is 19.6. The monoisotopic (exact) mass is 552 g/mol. The van der Waals surface area contributed by atoms with E-state index in [-0.39, 0.29) is 5.75 Å². The molecule has 8 heteroatoms. The lowest BCUT2D eigenvalue weighted by molar-refractivity contribution is 0.473. The van der Waals surface area contributed by atoms with Crippen molar-refractivity contribution in [3.8, 4) is 17.1 Å². The van der Waals surface area contributed by atoms with E-state index in [0.29, 0.717) is 21.7 Å². The first-order chi connectivity index (χ1) is 12.8. The third kappa shape index (κ3) is 4.94. The minimum absolute atomic E-state index is 0.0873. The van der Waals surface area contributed by atoms with Gasteiger partial charge in [0, 0.05) is 20.7 Å². The second kappa shape index (κ2) is 8.50. The quantitative estimate of drug-likeness (QED) is 0.294. The van der Waals surface area contributed by atoms with Gasteiger partial charge in [0.1, 0.15) is 5.75 Å². The fourth-order valence-corrected chi connectivity index (χ4v) is 3.87. The molecule has 1 heterocycles. The minimum atomic E-state index is 0.0873. The normalized spacial score (nSPS) is 11.5. The molecule has 1 aromatic heterocycles. The lowest BCUT2D eigenvalue weighted by atomic mass is 10.1. The summed E-state index contributed by atoms with van der Waals surface area (Å²) in [5, 5.41) is 14.8. The fourth-order valence-electron chi connectivity index (χ4n) is 2.38. The largest absolute Gasteiger partial charge is 0.506 e. The van der Waals surface area contributed by atoms with Crippen molar-refractivity contribution in [3.63, 3.8) is 0 Å². The maximum absolute atomic E-state index is 10.3. The first-order valence-corrected chi connectivity index (χ1v) is 10.3. The fraction of sp³-hybridized carbons (Fsp3) is 0.105. The van der Waals surface area contributed by atoms with Crippen molar-refractivity contribution in [2.75, 3.05) is 5.43 Å². The van der Waals surface area contributed by atoms with Gasteiger partial charge >= 0.3 is 0 Å². The van der Waals surface area contributed by atoms with Gasteiger partial charge in [-0.25, -0.2) is 9.97 Å². The Hall–Kier alpha value is -1.77. The van der Waals surface area contributed by atoms with Gasteiger partial charge in [-0.2, -0.15) is 5.10 Å². The molecule has 0 amide bonds. The van der Waals surface area contributed by atoms with E-state index in [2.05, 4.69) is 68.3 Å². The van der Waals surface area contributed by atoms with E-state index < -0.39 is 0 Å². The first-order valence-electron chi connectivity index (χ1n) is 7.94. The van der Waals surface area contributed by atoms with Crippen molar-refractivity contribution >= 4 is 59.3 Å². The summed E-state index contributed by atoms with van der Waals surface area (Å²) in [5.74, 6) is 1.04. The zero-order valence-electron chi connectivity index (χ0n) is 14.5. The number of nitrogens with one attached hydrogen (secondary N) is 1. The molecule has 5 nitrogen and oxygen atoms in total. The molecule has 0 saturated heterocycles. The summed E-state index contributed by atoms with van der Waals surface area (Å²) in [6.45, 7) is 3.79. The zero-order valence-corrected chi connectivity index (χ0v) is 19.2. The van der Waals surface area contributed by atoms with Gasteiger partial charge in [0.2, 0.25) is 0 Å². The molecule has 0 unspecified atom stereocenters. The average Bonchev–Trinajstić information content (AvgIpc) is 2.63. The lowest BCUT2D eigenvalue weighted by Gasteiger charge is -2.09. The van der Waals surface area contributed by atoms with Crippen molar-refractivity contribution in [2.45, 2.75) is 13.8 Å². The van der Waals surface area contributed by atoms with Crippen LogP contribution in [0.4, 0.5) is 5.82 Å². The van der Waals surface area contributed by atoms with Gasteiger partial charge in [-0.1, -0.05) is 44.0 Å². The second-order valence-electron chi connectivity index (χ2n) is 5.82. The number of aromatic nitrogens is 2. The molecule has 138 valence electrons. The SMILES string of the molecule is C/C(=N/Nc1cc(C)nc(-c2cc(Br)cc(Br)c2O)n1)c1ccc(Br)cc1. The Labute approximate surface area is 182 Å². The number of hydrazone groups is 1. The molecule has 0 radical (unpaired) electrons. The maximum atomic E-state index is 10.3. The minimum Gasteiger partial charge on any atom is -0.506 e. The first kappa shape index (κ1) is 20.0. The van der Waals surface area contributed by atoms with Crippen molar-refractivity contribution < 1.29 is 5.11 Å². The molecule has 0 aliphatic rings. The highest BCUT2D eigenvalue weighted by atomic mass is 79.9. The Kier molecular flexibility index (Phi) is 6.29. The van der Waals surface area contributed by atoms with Crippen LogP contribution in [0.15, 0.2) is 61.0 Å². The standard InChI is InChI=1S/C19H15Br3N4O/c1-10-7-17(26-25-11(2)12-3-5-13(20)6-4-12)24-19(23-10)15-8-14(21)9-16(22)18(15)27/h3-9,27H,1-2H3,(H,23,24,26)/b25-11-. The lowest BCUT2D eigenvalue weighted by Crippen LogP contribution is -2.03. The number of aryl methyl sites for hydroxylation is 1. The molecule has 0 atom stereocenters. The number of aromatic hydroxyl groups is 1.